The van der Waals surface area contributed by atoms with E-state index in [4.69, 9.17) is 10.7 Å². The molecule has 6 heteroatoms. The maximum atomic E-state index is 11.2. The zero-order chi connectivity index (χ0) is 19.4. The molecule has 26 heavy (non-hydrogen) atoms. The van der Waals surface area contributed by atoms with Gasteiger partial charge in [-0.3, -0.25) is 9.79 Å². The van der Waals surface area contributed by atoms with Crippen LogP contribution in [0.25, 0.3) is 0 Å². The van der Waals surface area contributed by atoms with Gasteiger partial charge in [0.2, 0.25) is 5.91 Å². The summed E-state index contributed by atoms with van der Waals surface area (Å²) in [7, 11) is 0. The number of nitrogens with one attached hydrogen (secondary N) is 2. The fraction of sp³-hybridized carbons (Fsp3) is 0.900. The van der Waals surface area contributed by atoms with Gasteiger partial charge in [-0.2, -0.15) is 0 Å². The second-order valence-corrected chi connectivity index (χ2v) is 8.00. The number of carbonyl (C=O) groups is 1. The third-order valence-electron chi connectivity index (χ3n) is 5.05. The first-order valence-corrected chi connectivity index (χ1v) is 10.5. The highest BCUT2D eigenvalue weighted by Crippen LogP contribution is 2.16. The van der Waals surface area contributed by atoms with E-state index in [0.717, 1.165) is 70.3 Å². The molecule has 1 heterocycles. The van der Waals surface area contributed by atoms with Gasteiger partial charge in [-0.05, 0) is 77.9 Å². The van der Waals surface area contributed by atoms with Crippen molar-refractivity contribution in [1.82, 2.24) is 15.5 Å². The average Bonchev–Trinajstić information content (AvgIpc) is 2.60. The maximum absolute atomic E-state index is 11.2. The van der Waals surface area contributed by atoms with Crippen LogP contribution in [0.3, 0.4) is 0 Å². The Morgan fingerprint density at radius 3 is 2.46 bits per heavy atom. The van der Waals surface area contributed by atoms with E-state index in [9.17, 15) is 4.79 Å². The van der Waals surface area contributed by atoms with Crippen molar-refractivity contribution in [2.24, 2.45) is 22.6 Å². The molecule has 0 saturated carbocycles. The van der Waals surface area contributed by atoms with Crippen molar-refractivity contribution in [1.29, 1.82) is 0 Å². The summed E-state index contributed by atoms with van der Waals surface area (Å²) >= 11 is 0. The second-order valence-electron chi connectivity index (χ2n) is 8.00. The molecular weight excluding hydrogens is 326 g/mol. The summed E-state index contributed by atoms with van der Waals surface area (Å²) in [5, 5.41) is 6.86. The maximum Gasteiger partial charge on any atom is 0.220 e. The van der Waals surface area contributed by atoms with E-state index in [2.05, 4.69) is 43.2 Å². The number of nitrogens with two attached hydrogens (primary N) is 1. The molecule has 1 aliphatic rings. The van der Waals surface area contributed by atoms with Crippen LogP contribution in [0.5, 0.6) is 0 Å². The number of nitrogens with zero attached hydrogens (tertiary/aromatic N) is 2. The molecule has 1 rings (SSSR count). The van der Waals surface area contributed by atoms with Gasteiger partial charge >= 0.3 is 0 Å². The Balaban J connectivity index is 2.21. The Morgan fingerprint density at radius 1 is 1.19 bits per heavy atom. The molecule has 0 aromatic carbocycles. The van der Waals surface area contributed by atoms with Gasteiger partial charge in [0.15, 0.2) is 5.96 Å². The van der Waals surface area contributed by atoms with Crippen molar-refractivity contribution in [3.8, 4) is 0 Å². The van der Waals surface area contributed by atoms with Gasteiger partial charge in [-0.1, -0.05) is 13.8 Å². The zero-order valence-electron chi connectivity index (χ0n) is 17.4. The number of hydrogen-bond donors (Lipinski definition) is 3. The van der Waals surface area contributed by atoms with Crippen LogP contribution in [0, 0.1) is 11.8 Å². The topological polar surface area (TPSA) is 82.8 Å². The summed E-state index contributed by atoms with van der Waals surface area (Å²) in [5.41, 5.74) is 5.39. The third-order valence-corrected chi connectivity index (χ3v) is 5.05. The quantitative estimate of drug-likeness (QED) is 0.297. The summed E-state index contributed by atoms with van der Waals surface area (Å²) in [4.78, 5) is 18.4. The second kappa shape index (κ2) is 13.0. The lowest BCUT2D eigenvalue weighted by atomic mass is 9.96. The Hall–Kier alpha value is -1.30. The molecule has 152 valence electrons. The highest BCUT2D eigenvalue weighted by atomic mass is 16.1. The Labute approximate surface area is 160 Å². The highest BCUT2D eigenvalue weighted by molar-refractivity contribution is 5.80. The monoisotopic (exact) mass is 367 g/mol. The van der Waals surface area contributed by atoms with E-state index in [1.54, 1.807) is 0 Å². The molecule has 1 atom stereocenters. The van der Waals surface area contributed by atoms with Crippen LogP contribution < -0.4 is 16.4 Å². The molecule has 0 aliphatic carbocycles. The lowest BCUT2D eigenvalue weighted by molar-refractivity contribution is -0.123. The summed E-state index contributed by atoms with van der Waals surface area (Å²) in [6, 6.07) is 0.446. The Bertz CT molecular complexity index is 416. The fourth-order valence-corrected chi connectivity index (χ4v) is 3.29. The highest BCUT2D eigenvalue weighted by Gasteiger charge is 2.22. The standard InChI is InChI=1S/C20H41N5O/c1-5-22-20(24-17(4)9-8-16(2)3)23-12-6-7-13-25-14-10-18(11-15-25)19(21)26/h16-18H,5-15H2,1-4H3,(H2,21,26)(H2,22,23,24). The molecule has 1 amide bonds. The van der Waals surface area contributed by atoms with E-state index in [1.807, 2.05) is 0 Å². The minimum absolute atomic E-state index is 0.0855. The Morgan fingerprint density at radius 2 is 1.88 bits per heavy atom. The van der Waals surface area contributed by atoms with Crippen LogP contribution in [-0.4, -0.2) is 55.5 Å². The lowest BCUT2D eigenvalue weighted by Gasteiger charge is -2.30. The van der Waals surface area contributed by atoms with Crippen molar-refractivity contribution < 1.29 is 4.79 Å². The third kappa shape index (κ3) is 10.00. The number of primary amides is 1. The van der Waals surface area contributed by atoms with Gasteiger partial charge in [0.1, 0.15) is 0 Å². The van der Waals surface area contributed by atoms with Gasteiger partial charge in [0, 0.05) is 25.0 Å². The molecule has 1 fully saturated rings. The average molecular weight is 368 g/mol. The summed E-state index contributed by atoms with van der Waals surface area (Å²) < 4.78 is 0. The van der Waals surface area contributed by atoms with Gasteiger partial charge in [0.25, 0.3) is 0 Å². The van der Waals surface area contributed by atoms with E-state index >= 15 is 0 Å². The van der Waals surface area contributed by atoms with E-state index < -0.39 is 0 Å². The summed E-state index contributed by atoms with van der Waals surface area (Å²) in [6.45, 7) is 13.7. The molecule has 0 bridgehead atoms. The molecule has 0 aromatic rings. The zero-order valence-corrected chi connectivity index (χ0v) is 17.4. The molecule has 0 spiro atoms. The molecule has 1 unspecified atom stereocenters. The van der Waals surface area contributed by atoms with Crippen molar-refractivity contribution in [3.05, 3.63) is 0 Å². The van der Waals surface area contributed by atoms with Gasteiger partial charge in [-0.15, -0.1) is 0 Å². The molecule has 1 saturated heterocycles. The summed E-state index contributed by atoms with van der Waals surface area (Å²) in [6.07, 6.45) is 6.47. The van der Waals surface area contributed by atoms with E-state index in [0.29, 0.717) is 6.04 Å². The first-order valence-electron chi connectivity index (χ1n) is 10.5. The van der Waals surface area contributed by atoms with Crippen molar-refractivity contribution >= 4 is 11.9 Å². The number of hydrogen-bond acceptors (Lipinski definition) is 3. The molecule has 6 nitrogen and oxygen atoms in total. The molecule has 0 aromatic heterocycles. The van der Waals surface area contributed by atoms with E-state index in [1.165, 1.54) is 12.8 Å². The number of piperidine rings is 1. The van der Waals surface area contributed by atoms with Crippen LogP contribution >= 0.6 is 0 Å². The molecule has 0 radical (unpaired) electrons. The molecular formula is C20H41N5O. The largest absolute Gasteiger partial charge is 0.369 e. The predicted molar refractivity (Wildman–Crippen MR) is 110 cm³/mol. The van der Waals surface area contributed by atoms with Crippen LogP contribution in [0.15, 0.2) is 4.99 Å². The smallest absolute Gasteiger partial charge is 0.220 e. The first kappa shape index (κ1) is 22.7. The van der Waals surface area contributed by atoms with Gasteiger partial charge < -0.3 is 21.3 Å². The van der Waals surface area contributed by atoms with Crippen molar-refractivity contribution in [2.75, 3.05) is 32.7 Å². The van der Waals surface area contributed by atoms with Crippen LogP contribution in [0.1, 0.15) is 66.2 Å². The fourth-order valence-electron chi connectivity index (χ4n) is 3.29. The van der Waals surface area contributed by atoms with Gasteiger partial charge in [-0.25, -0.2) is 0 Å². The minimum atomic E-state index is -0.134. The van der Waals surface area contributed by atoms with Crippen LogP contribution in [-0.2, 0) is 4.79 Å². The number of unbranched alkanes of at least 4 members (excludes halogenated alkanes) is 1. The van der Waals surface area contributed by atoms with Crippen LogP contribution in [0.2, 0.25) is 0 Å². The molecule has 4 N–H and O–H groups in total. The number of rotatable bonds is 11. The van der Waals surface area contributed by atoms with E-state index in [-0.39, 0.29) is 11.8 Å². The normalized spacial score (nSPS) is 18.1. The number of carbonyl (C=O) groups excluding carboxylic acids is 1. The number of aliphatic imine (C=N–C) groups is 1. The number of amides is 1. The predicted octanol–water partition coefficient (Wildman–Crippen LogP) is 2.34. The SMILES string of the molecule is CCNC(=NCCCCN1CCC(C(N)=O)CC1)NC(C)CCC(C)C. The Kier molecular flexibility index (Phi) is 11.3. The van der Waals surface area contributed by atoms with Gasteiger partial charge in [0.05, 0.1) is 0 Å². The number of likely N-dealkylation sites (tertiary alicyclic amines) is 1. The van der Waals surface area contributed by atoms with Crippen molar-refractivity contribution in [3.63, 3.8) is 0 Å². The number of guanidine groups is 1. The summed E-state index contributed by atoms with van der Waals surface area (Å²) in [5.74, 6) is 1.63. The lowest BCUT2D eigenvalue weighted by Crippen LogP contribution is -2.42. The van der Waals surface area contributed by atoms with Crippen LogP contribution in [0.4, 0.5) is 0 Å². The molecule has 1 aliphatic heterocycles. The van der Waals surface area contributed by atoms with Crippen molar-refractivity contribution in [2.45, 2.75) is 72.3 Å². The first-order chi connectivity index (χ1) is 12.4. The minimum Gasteiger partial charge on any atom is -0.369 e.